The Kier molecular flexibility index (Phi) is 4.81. The van der Waals surface area contributed by atoms with E-state index >= 15 is 0 Å². The maximum absolute atomic E-state index is 6.07. The first-order valence-electron chi connectivity index (χ1n) is 5.28. The van der Waals surface area contributed by atoms with Gasteiger partial charge in [0.25, 0.3) is 0 Å². The van der Waals surface area contributed by atoms with E-state index in [2.05, 4.69) is 30.7 Å². The van der Waals surface area contributed by atoms with Crippen molar-refractivity contribution in [2.45, 2.75) is 46.0 Å². The quantitative estimate of drug-likeness (QED) is 0.587. The summed E-state index contributed by atoms with van der Waals surface area (Å²) in [4.78, 5) is 8.25. The molecular formula is C11H16Cl2N2. The summed E-state index contributed by atoms with van der Waals surface area (Å²) in [6, 6.07) is 0. The van der Waals surface area contributed by atoms with Crippen LogP contribution < -0.4 is 0 Å². The Bertz CT molecular complexity index is 338. The van der Waals surface area contributed by atoms with Crippen LogP contribution in [-0.2, 0) is 6.42 Å². The van der Waals surface area contributed by atoms with Gasteiger partial charge >= 0.3 is 0 Å². The van der Waals surface area contributed by atoms with Crippen molar-refractivity contribution in [3.8, 4) is 0 Å². The van der Waals surface area contributed by atoms with E-state index in [1.54, 1.807) is 0 Å². The summed E-state index contributed by atoms with van der Waals surface area (Å²) in [5.41, 5.74) is 2.03. The van der Waals surface area contributed by atoms with Gasteiger partial charge in [0, 0.05) is 5.56 Å². The molecular weight excluding hydrogens is 231 g/mol. The fourth-order valence-corrected chi connectivity index (χ4v) is 2.20. The van der Waals surface area contributed by atoms with Gasteiger partial charge in [0.2, 0.25) is 5.28 Å². The van der Waals surface area contributed by atoms with E-state index in [1.165, 1.54) is 0 Å². The average molecular weight is 247 g/mol. The van der Waals surface area contributed by atoms with Crippen LogP contribution in [0.25, 0.3) is 0 Å². The van der Waals surface area contributed by atoms with Crippen LogP contribution in [0.3, 0.4) is 0 Å². The van der Waals surface area contributed by atoms with Crippen molar-refractivity contribution in [2.75, 3.05) is 0 Å². The van der Waals surface area contributed by atoms with Crippen LogP contribution in [-0.4, -0.2) is 9.97 Å². The van der Waals surface area contributed by atoms with Crippen LogP contribution in [0.1, 0.15) is 50.8 Å². The molecule has 0 aliphatic carbocycles. The highest BCUT2D eigenvalue weighted by molar-refractivity contribution is 6.32. The van der Waals surface area contributed by atoms with Gasteiger partial charge in [0.1, 0.15) is 5.15 Å². The molecule has 1 heterocycles. The van der Waals surface area contributed by atoms with E-state index in [1.807, 2.05) is 0 Å². The minimum absolute atomic E-state index is 0.246. The molecule has 15 heavy (non-hydrogen) atoms. The summed E-state index contributed by atoms with van der Waals surface area (Å²) in [7, 11) is 0. The molecule has 0 saturated carbocycles. The van der Waals surface area contributed by atoms with Crippen LogP contribution in [0.4, 0.5) is 0 Å². The predicted molar refractivity (Wildman–Crippen MR) is 64.8 cm³/mol. The lowest BCUT2D eigenvalue weighted by molar-refractivity contribution is 0.738. The Hall–Kier alpha value is -0.340. The van der Waals surface area contributed by atoms with Gasteiger partial charge in [0.15, 0.2) is 0 Å². The maximum Gasteiger partial charge on any atom is 0.224 e. The summed E-state index contributed by atoms with van der Waals surface area (Å²) >= 11 is 11.9. The molecule has 0 atom stereocenters. The number of hydrogen-bond donors (Lipinski definition) is 0. The second kappa shape index (κ2) is 5.66. The van der Waals surface area contributed by atoms with Gasteiger partial charge in [-0.25, -0.2) is 9.97 Å². The minimum atomic E-state index is 0.246. The van der Waals surface area contributed by atoms with Gasteiger partial charge in [-0.1, -0.05) is 38.8 Å². The predicted octanol–water partition coefficient (Wildman–Crippen LogP) is 4.25. The zero-order valence-electron chi connectivity index (χ0n) is 9.35. The van der Waals surface area contributed by atoms with Gasteiger partial charge in [-0.3, -0.25) is 0 Å². The van der Waals surface area contributed by atoms with Crippen LogP contribution >= 0.6 is 23.2 Å². The average Bonchev–Trinajstić information content (AvgIpc) is 2.12. The van der Waals surface area contributed by atoms with Crippen molar-refractivity contribution < 1.29 is 0 Å². The Morgan fingerprint density at radius 1 is 1.20 bits per heavy atom. The van der Waals surface area contributed by atoms with Crippen molar-refractivity contribution in [1.29, 1.82) is 0 Å². The second-order valence-electron chi connectivity index (χ2n) is 3.90. The number of unbranched alkanes of at least 4 members (excludes halogenated alkanes) is 1. The number of aryl methyl sites for hydroxylation is 1. The number of hydrogen-bond acceptors (Lipinski definition) is 2. The normalized spacial score (nSPS) is 11.1. The molecule has 0 amide bonds. The largest absolute Gasteiger partial charge is 0.224 e. The monoisotopic (exact) mass is 246 g/mol. The Morgan fingerprint density at radius 2 is 1.87 bits per heavy atom. The molecule has 0 bridgehead atoms. The fraction of sp³-hybridized carbons (Fsp3) is 0.636. The third-order valence-electron chi connectivity index (χ3n) is 2.30. The molecule has 84 valence electrons. The molecule has 0 unspecified atom stereocenters. The molecule has 0 fully saturated rings. The van der Waals surface area contributed by atoms with E-state index in [9.17, 15) is 0 Å². The molecule has 0 aliphatic heterocycles. The number of halogens is 2. The molecule has 0 spiro atoms. The molecule has 1 aromatic rings. The minimum Gasteiger partial charge on any atom is -0.223 e. The second-order valence-corrected chi connectivity index (χ2v) is 4.60. The van der Waals surface area contributed by atoms with Gasteiger partial charge in [-0.2, -0.15) is 0 Å². The lowest BCUT2D eigenvalue weighted by Crippen LogP contribution is -2.04. The fourth-order valence-electron chi connectivity index (χ4n) is 1.56. The van der Waals surface area contributed by atoms with Crippen LogP contribution in [0.15, 0.2) is 0 Å². The number of rotatable bonds is 4. The van der Waals surface area contributed by atoms with E-state index in [0.29, 0.717) is 11.1 Å². The van der Waals surface area contributed by atoms with Crippen molar-refractivity contribution in [3.05, 3.63) is 21.7 Å². The van der Waals surface area contributed by atoms with Crippen LogP contribution in [0.5, 0.6) is 0 Å². The standard InChI is InChI=1S/C11H16Cl2N2/c1-4-5-6-8-9(7(2)3)10(12)15-11(13)14-8/h7H,4-6H2,1-3H3. The van der Waals surface area contributed by atoms with E-state index in [4.69, 9.17) is 23.2 Å². The van der Waals surface area contributed by atoms with E-state index in [0.717, 1.165) is 30.5 Å². The Balaban J connectivity index is 3.09. The zero-order chi connectivity index (χ0) is 11.4. The van der Waals surface area contributed by atoms with Crippen molar-refractivity contribution in [3.63, 3.8) is 0 Å². The molecule has 0 aromatic carbocycles. The van der Waals surface area contributed by atoms with Crippen molar-refractivity contribution in [1.82, 2.24) is 9.97 Å². The van der Waals surface area contributed by atoms with E-state index in [-0.39, 0.29) is 5.28 Å². The zero-order valence-corrected chi connectivity index (χ0v) is 10.9. The van der Waals surface area contributed by atoms with Gasteiger partial charge in [-0.05, 0) is 30.4 Å². The van der Waals surface area contributed by atoms with Crippen molar-refractivity contribution >= 4 is 23.2 Å². The van der Waals surface area contributed by atoms with Gasteiger partial charge in [0.05, 0.1) is 5.69 Å². The highest BCUT2D eigenvalue weighted by Crippen LogP contribution is 2.27. The first-order chi connectivity index (χ1) is 7.06. The molecule has 1 rings (SSSR count). The smallest absolute Gasteiger partial charge is 0.223 e. The Labute approximate surface area is 101 Å². The topological polar surface area (TPSA) is 25.8 Å². The molecule has 0 radical (unpaired) electrons. The molecule has 0 saturated heterocycles. The highest BCUT2D eigenvalue weighted by Gasteiger charge is 2.14. The first-order valence-corrected chi connectivity index (χ1v) is 6.03. The summed E-state index contributed by atoms with van der Waals surface area (Å²) in [5, 5.41) is 0.742. The molecule has 4 heteroatoms. The molecule has 0 N–H and O–H groups in total. The van der Waals surface area contributed by atoms with Crippen LogP contribution in [0, 0.1) is 0 Å². The van der Waals surface area contributed by atoms with Crippen LogP contribution in [0.2, 0.25) is 10.4 Å². The first kappa shape index (κ1) is 12.7. The lowest BCUT2D eigenvalue weighted by Gasteiger charge is -2.13. The number of aromatic nitrogens is 2. The van der Waals surface area contributed by atoms with E-state index < -0.39 is 0 Å². The molecule has 2 nitrogen and oxygen atoms in total. The SMILES string of the molecule is CCCCc1nc(Cl)nc(Cl)c1C(C)C. The summed E-state index contributed by atoms with van der Waals surface area (Å²) < 4.78 is 0. The summed E-state index contributed by atoms with van der Waals surface area (Å²) in [5.74, 6) is 0.335. The molecule has 1 aromatic heterocycles. The van der Waals surface area contributed by atoms with Crippen molar-refractivity contribution in [2.24, 2.45) is 0 Å². The lowest BCUT2D eigenvalue weighted by atomic mass is 10.0. The van der Waals surface area contributed by atoms with Gasteiger partial charge < -0.3 is 0 Å². The highest BCUT2D eigenvalue weighted by atomic mass is 35.5. The summed E-state index contributed by atoms with van der Waals surface area (Å²) in [6.45, 7) is 6.33. The molecule has 0 aliphatic rings. The van der Waals surface area contributed by atoms with Gasteiger partial charge in [-0.15, -0.1) is 0 Å². The third-order valence-corrected chi connectivity index (χ3v) is 2.75. The summed E-state index contributed by atoms with van der Waals surface area (Å²) in [6.07, 6.45) is 3.16. The maximum atomic E-state index is 6.07. The number of nitrogens with zero attached hydrogens (tertiary/aromatic N) is 2. The Morgan fingerprint density at radius 3 is 2.40 bits per heavy atom. The third kappa shape index (κ3) is 3.32.